The molecule has 0 saturated heterocycles. The zero-order valence-corrected chi connectivity index (χ0v) is 14.4. The third kappa shape index (κ3) is 4.59. The zero-order valence-electron chi connectivity index (χ0n) is 12.4. The van der Waals surface area contributed by atoms with Crippen LogP contribution < -0.4 is 9.64 Å². The van der Waals surface area contributed by atoms with Crippen molar-refractivity contribution in [2.75, 3.05) is 18.2 Å². The second kappa shape index (κ2) is 6.61. The van der Waals surface area contributed by atoms with Crippen LogP contribution in [0.2, 0.25) is 0 Å². The number of carbonyl (C=O) groups excluding carboxylic acids is 1. The van der Waals surface area contributed by atoms with Crippen molar-refractivity contribution in [2.45, 2.75) is 32.8 Å². The summed E-state index contributed by atoms with van der Waals surface area (Å²) in [7, 11) is 2.71. The predicted octanol–water partition coefficient (Wildman–Crippen LogP) is 2.15. The van der Waals surface area contributed by atoms with Crippen LogP contribution >= 0.6 is 0 Å². The molecule has 0 saturated carbocycles. The molecule has 0 unspecified atom stereocenters. The molecule has 5 heteroatoms. The molecule has 0 bridgehead atoms. The molecule has 0 aliphatic carbocycles. The molecule has 19 heavy (non-hydrogen) atoms. The van der Waals surface area contributed by atoms with Gasteiger partial charge >= 0.3 is 6.09 Å². The lowest BCUT2D eigenvalue weighted by molar-refractivity contribution is 0.0419. The van der Waals surface area contributed by atoms with Crippen LogP contribution in [0.5, 0.6) is 5.75 Å². The van der Waals surface area contributed by atoms with E-state index in [2.05, 4.69) is 0 Å². The van der Waals surface area contributed by atoms with E-state index < -0.39 is 5.60 Å². The van der Waals surface area contributed by atoms with Crippen molar-refractivity contribution in [1.82, 2.24) is 0 Å². The van der Waals surface area contributed by atoms with Crippen LogP contribution in [0.3, 0.4) is 0 Å². The Morgan fingerprint density at radius 2 is 1.89 bits per heavy atom. The summed E-state index contributed by atoms with van der Waals surface area (Å²) in [6.07, 6.45) is 1.20. The van der Waals surface area contributed by atoms with E-state index in [1.807, 2.05) is 45.0 Å². The van der Waals surface area contributed by atoms with Gasteiger partial charge < -0.3 is 9.47 Å². The SMILES string of the molecule is CCC(C)(C)OC(=O)N(C)c1ccc(OC[SiH3])cc1. The van der Waals surface area contributed by atoms with E-state index in [0.717, 1.165) is 34.3 Å². The Bertz CT molecular complexity index is 417. The largest absolute Gasteiger partial charge is 0.498 e. The molecule has 1 rings (SSSR count). The Kier molecular flexibility index (Phi) is 5.41. The van der Waals surface area contributed by atoms with Crippen LogP contribution in [0.25, 0.3) is 0 Å². The van der Waals surface area contributed by atoms with E-state index in [9.17, 15) is 4.79 Å². The minimum atomic E-state index is -0.443. The summed E-state index contributed by atoms with van der Waals surface area (Å²) < 4.78 is 10.9. The fourth-order valence-electron chi connectivity index (χ4n) is 1.42. The lowest BCUT2D eigenvalue weighted by atomic mass is 10.1. The first-order valence-corrected chi connectivity index (χ1v) is 8.00. The average molecular weight is 281 g/mol. The van der Waals surface area contributed by atoms with Crippen LogP contribution in [0.15, 0.2) is 24.3 Å². The van der Waals surface area contributed by atoms with Crippen molar-refractivity contribution in [1.29, 1.82) is 0 Å². The third-order valence-electron chi connectivity index (χ3n) is 3.02. The number of hydrogen-bond acceptors (Lipinski definition) is 3. The van der Waals surface area contributed by atoms with Crippen LogP contribution in [-0.4, -0.2) is 35.2 Å². The minimum absolute atomic E-state index is 0.344. The monoisotopic (exact) mass is 281 g/mol. The molecule has 0 atom stereocenters. The van der Waals surface area contributed by atoms with Crippen molar-refractivity contribution >= 4 is 22.0 Å². The van der Waals surface area contributed by atoms with Gasteiger partial charge in [-0.1, -0.05) is 6.92 Å². The van der Waals surface area contributed by atoms with Gasteiger partial charge in [-0.2, -0.15) is 0 Å². The summed E-state index contributed by atoms with van der Waals surface area (Å²) in [4.78, 5) is 13.5. The van der Waals surface area contributed by atoms with Gasteiger partial charge in [-0.25, -0.2) is 4.79 Å². The van der Waals surface area contributed by atoms with Crippen molar-refractivity contribution in [3.8, 4) is 5.75 Å². The number of rotatable bonds is 5. The first kappa shape index (κ1) is 15.6. The van der Waals surface area contributed by atoms with Gasteiger partial charge in [0.2, 0.25) is 0 Å². The smallest absolute Gasteiger partial charge is 0.414 e. The highest BCUT2D eigenvalue weighted by molar-refractivity contribution is 6.08. The number of anilines is 1. The van der Waals surface area contributed by atoms with E-state index in [-0.39, 0.29) is 6.09 Å². The Hall–Kier alpha value is -1.49. The Balaban J connectivity index is 2.71. The molecular formula is C14H23NO3Si. The molecule has 0 radical (unpaired) electrons. The van der Waals surface area contributed by atoms with Crippen LogP contribution in [0.1, 0.15) is 27.2 Å². The molecule has 0 fully saturated rings. The van der Waals surface area contributed by atoms with Gasteiger partial charge in [-0.05, 0) is 44.5 Å². The number of hydrogen-bond donors (Lipinski definition) is 0. The van der Waals surface area contributed by atoms with Crippen molar-refractivity contribution in [3.05, 3.63) is 24.3 Å². The number of amides is 1. The molecule has 106 valence electrons. The molecule has 0 aromatic heterocycles. The number of nitrogens with zero attached hydrogens (tertiary/aromatic N) is 1. The van der Waals surface area contributed by atoms with Gasteiger partial charge in [0.05, 0.1) is 16.5 Å². The van der Waals surface area contributed by atoms with Gasteiger partial charge in [0.25, 0.3) is 0 Å². The molecule has 4 nitrogen and oxygen atoms in total. The van der Waals surface area contributed by atoms with E-state index in [0.29, 0.717) is 0 Å². The molecule has 1 aromatic rings. The summed E-state index contributed by atoms with van der Waals surface area (Å²) >= 11 is 0. The summed E-state index contributed by atoms with van der Waals surface area (Å²) in [6, 6.07) is 7.43. The molecule has 0 aliphatic heterocycles. The van der Waals surface area contributed by atoms with E-state index in [1.54, 1.807) is 7.05 Å². The number of carbonyl (C=O) groups is 1. The van der Waals surface area contributed by atoms with E-state index in [1.165, 1.54) is 4.90 Å². The highest BCUT2D eigenvalue weighted by Gasteiger charge is 2.23. The molecule has 0 heterocycles. The van der Waals surface area contributed by atoms with Gasteiger partial charge in [-0.15, -0.1) is 0 Å². The Morgan fingerprint density at radius 1 is 1.32 bits per heavy atom. The van der Waals surface area contributed by atoms with E-state index >= 15 is 0 Å². The van der Waals surface area contributed by atoms with Gasteiger partial charge in [0, 0.05) is 12.7 Å². The maximum atomic E-state index is 12.0. The average Bonchev–Trinajstić information content (AvgIpc) is 2.38. The fourth-order valence-corrected chi connectivity index (χ4v) is 1.75. The molecular weight excluding hydrogens is 258 g/mol. The molecule has 0 N–H and O–H groups in total. The number of ether oxygens (including phenoxy) is 2. The Labute approximate surface area is 118 Å². The normalized spacial score (nSPS) is 11.2. The topological polar surface area (TPSA) is 38.8 Å². The molecule has 0 spiro atoms. The third-order valence-corrected chi connectivity index (χ3v) is 3.31. The summed E-state index contributed by atoms with van der Waals surface area (Å²) in [5.74, 6) is 0.828. The summed E-state index contributed by atoms with van der Waals surface area (Å²) in [6.45, 7) is 5.80. The summed E-state index contributed by atoms with van der Waals surface area (Å²) in [5.41, 5.74) is 0.346. The molecule has 1 aromatic carbocycles. The zero-order chi connectivity index (χ0) is 14.5. The highest BCUT2D eigenvalue weighted by Crippen LogP contribution is 2.21. The summed E-state index contributed by atoms with van der Waals surface area (Å²) in [5, 5.41) is 0. The first-order chi connectivity index (χ1) is 8.89. The van der Waals surface area contributed by atoms with Crippen molar-refractivity contribution < 1.29 is 14.3 Å². The second-order valence-corrected chi connectivity index (χ2v) is 5.54. The van der Waals surface area contributed by atoms with Gasteiger partial charge in [0.15, 0.2) is 0 Å². The van der Waals surface area contributed by atoms with Crippen LogP contribution in [-0.2, 0) is 4.74 Å². The first-order valence-electron chi connectivity index (χ1n) is 6.59. The van der Waals surface area contributed by atoms with E-state index in [4.69, 9.17) is 9.47 Å². The van der Waals surface area contributed by atoms with Crippen molar-refractivity contribution in [3.63, 3.8) is 0 Å². The minimum Gasteiger partial charge on any atom is -0.498 e. The van der Waals surface area contributed by atoms with Gasteiger partial charge in [-0.3, -0.25) is 4.90 Å². The second-order valence-electron chi connectivity index (χ2n) is 4.97. The maximum absolute atomic E-state index is 12.0. The van der Waals surface area contributed by atoms with Gasteiger partial charge in [0.1, 0.15) is 11.4 Å². The van der Waals surface area contributed by atoms with Crippen LogP contribution in [0, 0.1) is 0 Å². The molecule has 0 aliphatic rings. The highest BCUT2D eigenvalue weighted by atomic mass is 28.1. The molecule has 1 amide bonds. The standard InChI is InChI=1S/C14H23NO3Si/c1-5-14(2,3)18-13(16)15(4)11-6-8-12(9-7-11)17-10-19/h6-9H,5,10H2,1-4,19H3. The Morgan fingerprint density at radius 3 is 2.37 bits per heavy atom. The quantitative estimate of drug-likeness (QED) is 0.776. The van der Waals surface area contributed by atoms with Crippen LogP contribution in [0.4, 0.5) is 10.5 Å². The van der Waals surface area contributed by atoms with Crippen molar-refractivity contribution in [2.24, 2.45) is 0 Å². The number of benzene rings is 1. The lowest BCUT2D eigenvalue weighted by Crippen LogP contribution is -2.35. The lowest BCUT2D eigenvalue weighted by Gasteiger charge is -2.27. The fraction of sp³-hybridized carbons (Fsp3) is 0.500. The maximum Gasteiger partial charge on any atom is 0.414 e. The predicted molar refractivity (Wildman–Crippen MR) is 81.1 cm³/mol.